The van der Waals surface area contributed by atoms with Crippen molar-refractivity contribution < 1.29 is 27.5 Å². The lowest BCUT2D eigenvalue weighted by molar-refractivity contribution is -0.137. The fraction of sp³-hybridized carbons (Fsp3) is 0.125. The van der Waals surface area contributed by atoms with E-state index < -0.39 is 23.6 Å². The quantitative estimate of drug-likeness (QED) is 0.381. The highest BCUT2D eigenvalue weighted by Crippen LogP contribution is 2.30. The van der Waals surface area contributed by atoms with Crippen molar-refractivity contribution in [2.24, 2.45) is 0 Å². The Morgan fingerprint density at radius 3 is 2.52 bits per heavy atom. The van der Waals surface area contributed by atoms with Crippen molar-refractivity contribution in [2.45, 2.75) is 13.1 Å². The summed E-state index contributed by atoms with van der Waals surface area (Å²) in [4.78, 5) is 24.5. The predicted octanol–water partition coefficient (Wildman–Crippen LogP) is 5.68. The SMILES string of the molecule is CCOC(=O)c1n[nH]c2cc(-c3cccc(NC(=O)c4cccc(C(F)(F)F)c4)c3)ccc12. The van der Waals surface area contributed by atoms with E-state index in [1.165, 1.54) is 12.1 Å². The first kappa shape index (κ1) is 22.1. The number of alkyl halides is 3. The lowest BCUT2D eigenvalue weighted by Crippen LogP contribution is -2.13. The van der Waals surface area contributed by atoms with Gasteiger partial charge in [0.1, 0.15) is 0 Å². The summed E-state index contributed by atoms with van der Waals surface area (Å²) < 4.78 is 43.8. The van der Waals surface area contributed by atoms with Crippen LogP contribution in [0.5, 0.6) is 0 Å². The number of nitrogens with zero attached hydrogens (tertiary/aromatic N) is 1. The molecule has 2 N–H and O–H groups in total. The number of aromatic amines is 1. The topological polar surface area (TPSA) is 84.1 Å². The van der Waals surface area contributed by atoms with E-state index in [0.29, 0.717) is 16.6 Å². The average molecular weight is 453 g/mol. The molecule has 0 aliphatic rings. The van der Waals surface area contributed by atoms with Crippen LogP contribution in [-0.2, 0) is 10.9 Å². The number of H-pyrrole nitrogens is 1. The van der Waals surface area contributed by atoms with Gasteiger partial charge in [-0.3, -0.25) is 9.89 Å². The molecule has 168 valence electrons. The molecular formula is C24H18F3N3O3. The zero-order valence-electron chi connectivity index (χ0n) is 17.4. The fourth-order valence-corrected chi connectivity index (χ4v) is 3.37. The van der Waals surface area contributed by atoms with Gasteiger partial charge >= 0.3 is 12.1 Å². The van der Waals surface area contributed by atoms with E-state index in [-0.39, 0.29) is 17.9 Å². The molecule has 0 unspecified atom stereocenters. The van der Waals surface area contributed by atoms with Crippen molar-refractivity contribution in [1.82, 2.24) is 10.2 Å². The number of benzene rings is 3. The van der Waals surface area contributed by atoms with E-state index in [9.17, 15) is 22.8 Å². The van der Waals surface area contributed by atoms with Crippen LogP contribution in [0.2, 0.25) is 0 Å². The van der Waals surface area contributed by atoms with Crippen molar-refractivity contribution >= 4 is 28.5 Å². The van der Waals surface area contributed by atoms with Crippen LogP contribution in [0.15, 0.2) is 66.7 Å². The molecule has 0 aliphatic heterocycles. The van der Waals surface area contributed by atoms with Gasteiger partial charge < -0.3 is 10.1 Å². The molecular weight excluding hydrogens is 435 g/mol. The van der Waals surface area contributed by atoms with Crippen LogP contribution in [0, 0.1) is 0 Å². The van der Waals surface area contributed by atoms with E-state index in [1.807, 2.05) is 6.07 Å². The van der Waals surface area contributed by atoms with Gasteiger partial charge in [0.15, 0.2) is 5.69 Å². The van der Waals surface area contributed by atoms with Crippen molar-refractivity contribution in [2.75, 3.05) is 11.9 Å². The largest absolute Gasteiger partial charge is 0.461 e. The van der Waals surface area contributed by atoms with Crippen LogP contribution in [0.4, 0.5) is 18.9 Å². The van der Waals surface area contributed by atoms with Crippen LogP contribution in [-0.4, -0.2) is 28.7 Å². The van der Waals surface area contributed by atoms with Gasteiger partial charge in [0.25, 0.3) is 5.91 Å². The first-order valence-electron chi connectivity index (χ1n) is 10.0. The number of aromatic nitrogens is 2. The summed E-state index contributed by atoms with van der Waals surface area (Å²) >= 11 is 0. The molecule has 0 bridgehead atoms. The first-order chi connectivity index (χ1) is 15.8. The molecule has 4 rings (SSSR count). The lowest BCUT2D eigenvalue weighted by atomic mass is 10.0. The minimum Gasteiger partial charge on any atom is -0.461 e. The third kappa shape index (κ3) is 4.72. The molecule has 1 heterocycles. The Morgan fingerprint density at radius 2 is 1.76 bits per heavy atom. The molecule has 0 saturated carbocycles. The van der Waals surface area contributed by atoms with E-state index in [0.717, 1.165) is 23.3 Å². The van der Waals surface area contributed by atoms with Crippen LogP contribution in [0.25, 0.3) is 22.0 Å². The van der Waals surface area contributed by atoms with E-state index >= 15 is 0 Å². The number of halogens is 3. The smallest absolute Gasteiger partial charge is 0.416 e. The molecule has 0 spiro atoms. The minimum absolute atomic E-state index is 0.0967. The third-order valence-electron chi connectivity index (χ3n) is 4.94. The average Bonchev–Trinajstić information content (AvgIpc) is 3.22. The molecule has 3 aromatic carbocycles. The monoisotopic (exact) mass is 453 g/mol. The van der Waals surface area contributed by atoms with Crippen LogP contribution >= 0.6 is 0 Å². The van der Waals surface area contributed by atoms with Gasteiger partial charge in [0.2, 0.25) is 0 Å². The Labute approximate surface area is 186 Å². The predicted molar refractivity (Wildman–Crippen MR) is 117 cm³/mol. The van der Waals surface area contributed by atoms with Crippen molar-refractivity contribution in [3.8, 4) is 11.1 Å². The maximum absolute atomic E-state index is 12.9. The molecule has 1 aromatic heterocycles. The number of nitrogens with one attached hydrogen (secondary N) is 2. The zero-order chi connectivity index (χ0) is 23.6. The van der Waals surface area contributed by atoms with Gasteiger partial charge in [0, 0.05) is 16.6 Å². The summed E-state index contributed by atoms with van der Waals surface area (Å²) in [5.41, 5.74) is 1.81. The fourth-order valence-electron chi connectivity index (χ4n) is 3.37. The van der Waals surface area contributed by atoms with Gasteiger partial charge in [-0.1, -0.05) is 24.3 Å². The summed E-state index contributed by atoms with van der Waals surface area (Å²) in [6.45, 7) is 1.95. The lowest BCUT2D eigenvalue weighted by Gasteiger charge is -2.10. The second kappa shape index (κ2) is 8.78. The van der Waals surface area contributed by atoms with E-state index in [2.05, 4.69) is 15.5 Å². The Morgan fingerprint density at radius 1 is 1.00 bits per heavy atom. The number of carbonyl (C=O) groups is 2. The highest BCUT2D eigenvalue weighted by molar-refractivity contribution is 6.05. The van der Waals surface area contributed by atoms with Crippen molar-refractivity contribution in [1.29, 1.82) is 0 Å². The Bertz CT molecular complexity index is 1350. The number of esters is 1. The Kier molecular flexibility index (Phi) is 5.87. The van der Waals surface area contributed by atoms with Crippen LogP contribution < -0.4 is 5.32 Å². The molecule has 1 amide bonds. The highest BCUT2D eigenvalue weighted by atomic mass is 19.4. The van der Waals surface area contributed by atoms with Gasteiger partial charge in [-0.15, -0.1) is 0 Å². The first-order valence-corrected chi connectivity index (χ1v) is 10.0. The number of hydrogen-bond acceptors (Lipinski definition) is 4. The Hall–Kier alpha value is -4.14. The molecule has 9 heteroatoms. The van der Waals surface area contributed by atoms with Crippen LogP contribution in [0.1, 0.15) is 33.3 Å². The normalized spacial score (nSPS) is 11.4. The summed E-state index contributed by atoms with van der Waals surface area (Å²) in [5.74, 6) is -1.17. The second-order valence-corrected chi connectivity index (χ2v) is 7.17. The summed E-state index contributed by atoms with van der Waals surface area (Å²) in [6.07, 6.45) is -4.53. The molecule has 0 radical (unpaired) electrons. The molecule has 6 nitrogen and oxygen atoms in total. The Balaban J connectivity index is 1.57. The van der Waals surface area contributed by atoms with E-state index in [1.54, 1.807) is 43.3 Å². The van der Waals surface area contributed by atoms with Crippen molar-refractivity contribution in [3.63, 3.8) is 0 Å². The number of carbonyl (C=O) groups excluding carboxylic acids is 2. The minimum atomic E-state index is -4.53. The maximum Gasteiger partial charge on any atom is 0.416 e. The van der Waals surface area contributed by atoms with Crippen molar-refractivity contribution in [3.05, 3.63) is 83.6 Å². The number of anilines is 1. The molecule has 0 aliphatic carbocycles. The molecule has 0 atom stereocenters. The summed E-state index contributed by atoms with van der Waals surface area (Å²) in [7, 11) is 0. The summed E-state index contributed by atoms with van der Waals surface area (Å²) in [5, 5.41) is 10.1. The van der Waals surface area contributed by atoms with Gasteiger partial charge in [-0.2, -0.15) is 18.3 Å². The number of hydrogen-bond donors (Lipinski definition) is 2. The number of rotatable bonds is 5. The number of amides is 1. The maximum atomic E-state index is 12.9. The standard InChI is InChI=1S/C24H18F3N3O3/c1-2-33-23(32)21-19-10-9-15(13-20(19)29-30-21)14-5-4-8-18(12-14)28-22(31)16-6-3-7-17(11-16)24(25,26)27/h3-13H,2H2,1H3,(H,28,31)(H,29,30). The zero-order valence-corrected chi connectivity index (χ0v) is 17.4. The number of fused-ring (bicyclic) bond motifs is 1. The second-order valence-electron chi connectivity index (χ2n) is 7.17. The van der Waals surface area contributed by atoms with Gasteiger partial charge in [-0.25, -0.2) is 4.79 Å². The number of ether oxygens (including phenoxy) is 1. The molecule has 4 aromatic rings. The molecule has 0 fully saturated rings. The molecule has 33 heavy (non-hydrogen) atoms. The van der Waals surface area contributed by atoms with Gasteiger partial charge in [-0.05, 0) is 60.5 Å². The third-order valence-corrected chi connectivity index (χ3v) is 4.94. The summed E-state index contributed by atoms with van der Waals surface area (Å²) in [6, 6.07) is 16.5. The van der Waals surface area contributed by atoms with Crippen LogP contribution in [0.3, 0.4) is 0 Å². The van der Waals surface area contributed by atoms with E-state index in [4.69, 9.17) is 4.74 Å². The molecule has 0 saturated heterocycles. The van der Waals surface area contributed by atoms with Gasteiger partial charge in [0.05, 0.1) is 17.7 Å². The highest BCUT2D eigenvalue weighted by Gasteiger charge is 2.30.